The molecule has 166 valence electrons. The molecule has 0 atom stereocenters. The van der Waals surface area contributed by atoms with E-state index in [0.29, 0.717) is 22.0 Å². The number of hydrogen-bond donors (Lipinski definition) is 0. The highest BCUT2D eigenvalue weighted by molar-refractivity contribution is 6.31. The number of halogens is 1. The van der Waals surface area contributed by atoms with Gasteiger partial charge in [-0.25, -0.2) is 19.5 Å². The van der Waals surface area contributed by atoms with Crippen molar-refractivity contribution in [2.75, 3.05) is 11.5 Å². The number of nitrogens with zero attached hydrogens (tertiary/aromatic N) is 4. The van der Waals surface area contributed by atoms with Crippen LogP contribution >= 0.6 is 11.6 Å². The third-order valence-electron chi connectivity index (χ3n) is 4.04. The molecule has 8 nitrogen and oxygen atoms in total. The summed E-state index contributed by atoms with van der Waals surface area (Å²) in [6, 6.07) is 8.37. The average molecular weight is 455 g/mol. The molecule has 0 aliphatic rings. The minimum Gasteiger partial charge on any atom is -0.462 e. The van der Waals surface area contributed by atoms with Crippen molar-refractivity contribution < 1.29 is 19.1 Å². The summed E-state index contributed by atoms with van der Waals surface area (Å²) < 4.78 is 10.6. The van der Waals surface area contributed by atoms with Gasteiger partial charge in [-0.15, -0.1) is 0 Å². The van der Waals surface area contributed by atoms with Crippen LogP contribution in [0.25, 0.3) is 11.3 Å². The van der Waals surface area contributed by atoms with Crippen molar-refractivity contribution in [3.8, 4) is 11.3 Å². The number of aromatic nitrogens is 3. The van der Waals surface area contributed by atoms with Crippen molar-refractivity contribution in [1.29, 1.82) is 0 Å². The number of rotatable bonds is 5. The van der Waals surface area contributed by atoms with Gasteiger partial charge in [0.2, 0.25) is 0 Å². The Morgan fingerprint density at radius 2 is 1.81 bits per heavy atom. The van der Waals surface area contributed by atoms with Crippen LogP contribution in [0.2, 0.25) is 5.02 Å². The van der Waals surface area contributed by atoms with Crippen LogP contribution in [0.15, 0.2) is 55.1 Å². The highest BCUT2D eigenvalue weighted by Gasteiger charge is 2.26. The number of ether oxygens (including phenoxy) is 2. The molecule has 9 heteroatoms. The lowest BCUT2D eigenvalue weighted by Gasteiger charge is -2.27. The predicted octanol–water partition coefficient (Wildman–Crippen LogP) is 5.44. The molecule has 3 aromatic rings. The first kappa shape index (κ1) is 23.1. The van der Waals surface area contributed by atoms with Gasteiger partial charge in [0.1, 0.15) is 5.60 Å². The zero-order valence-electron chi connectivity index (χ0n) is 18.2. The fourth-order valence-corrected chi connectivity index (χ4v) is 2.95. The van der Waals surface area contributed by atoms with Crippen LogP contribution in [0, 0.1) is 0 Å². The first-order valence-electron chi connectivity index (χ1n) is 9.91. The summed E-state index contributed by atoms with van der Waals surface area (Å²) in [5, 5.41) is 0.450. The molecular formula is C23H23ClN4O4. The summed E-state index contributed by atoms with van der Waals surface area (Å²) in [4.78, 5) is 39.3. The monoisotopic (exact) mass is 454 g/mol. The highest BCUT2D eigenvalue weighted by atomic mass is 35.5. The smallest absolute Gasteiger partial charge is 0.420 e. The quantitative estimate of drug-likeness (QED) is 0.473. The largest absolute Gasteiger partial charge is 0.462 e. The molecule has 0 unspecified atom stereocenters. The molecule has 0 spiro atoms. The van der Waals surface area contributed by atoms with Gasteiger partial charge in [-0.3, -0.25) is 9.97 Å². The summed E-state index contributed by atoms with van der Waals surface area (Å²) in [6.07, 6.45) is 5.29. The third kappa shape index (κ3) is 5.79. The van der Waals surface area contributed by atoms with E-state index in [1.165, 1.54) is 23.5 Å². The second-order valence-electron chi connectivity index (χ2n) is 7.74. The van der Waals surface area contributed by atoms with Crippen LogP contribution in [0.5, 0.6) is 0 Å². The lowest BCUT2D eigenvalue weighted by Crippen LogP contribution is -2.34. The summed E-state index contributed by atoms with van der Waals surface area (Å²) >= 11 is 6.15. The summed E-state index contributed by atoms with van der Waals surface area (Å²) in [7, 11) is 0. The van der Waals surface area contributed by atoms with Gasteiger partial charge >= 0.3 is 12.1 Å². The van der Waals surface area contributed by atoms with Crippen molar-refractivity contribution in [3.05, 3.63) is 65.7 Å². The van der Waals surface area contributed by atoms with E-state index in [-0.39, 0.29) is 18.0 Å². The van der Waals surface area contributed by atoms with Crippen LogP contribution in [-0.2, 0) is 9.47 Å². The summed E-state index contributed by atoms with van der Waals surface area (Å²) in [5.74, 6) is -0.263. The van der Waals surface area contributed by atoms with Crippen molar-refractivity contribution in [3.63, 3.8) is 0 Å². The highest BCUT2D eigenvalue weighted by Crippen LogP contribution is 2.29. The van der Waals surface area contributed by atoms with Crippen LogP contribution in [0.1, 0.15) is 38.1 Å². The lowest BCUT2D eigenvalue weighted by atomic mass is 10.1. The van der Waals surface area contributed by atoms with Gasteiger partial charge in [0.15, 0.2) is 5.82 Å². The SMILES string of the molecule is CCOC(=O)c1cncc(-c2cncc(N(C(=O)OC(C)(C)C)c3cccc(Cl)c3)n2)c1. The molecule has 0 bridgehead atoms. The van der Waals surface area contributed by atoms with Gasteiger partial charge in [-0.2, -0.15) is 0 Å². The number of carbonyl (C=O) groups excluding carboxylic acids is 2. The van der Waals surface area contributed by atoms with Crippen molar-refractivity contribution in [2.24, 2.45) is 0 Å². The van der Waals surface area contributed by atoms with E-state index in [0.717, 1.165) is 0 Å². The standard InChI is InChI=1S/C23H23ClN4O4/c1-5-31-21(29)16-9-15(11-25-12-16)19-13-26-14-20(27-19)28(22(30)32-23(2,3)4)18-8-6-7-17(24)10-18/h6-14H,5H2,1-4H3. The van der Waals surface area contributed by atoms with Crippen LogP contribution in [0.3, 0.4) is 0 Å². The number of hydrogen-bond acceptors (Lipinski definition) is 7. The first-order valence-corrected chi connectivity index (χ1v) is 10.3. The second kappa shape index (κ2) is 9.74. The molecule has 0 aliphatic carbocycles. The zero-order chi connectivity index (χ0) is 23.3. The summed E-state index contributed by atoms with van der Waals surface area (Å²) in [5.41, 5.74) is 0.987. The Balaban J connectivity index is 2.04. The van der Waals surface area contributed by atoms with Gasteiger partial charge in [-0.05, 0) is 52.0 Å². The molecule has 0 N–H and O–H groups in total. The normalized spacial score (nSPS) is 11.0. The number of pyridine rings is 1. The van der Waals surface area contributed by atoms with Crippen molar-refractivity contribution in [2.45, 2.75) is 33.3 Å². The van der Waals surface area contributed by atoms with Crippen molar-refractivity contribution >= 4 is 35.2 Å². The number of esters is 1. The maximum absolute atomic E-state index is 13.1. The van der Waals surface area contributed by atoms with Crippen LogP contribution in [-0.4, -0.2) is 39.2 Å². The minimum atomic E-state index is -0.725. The predicted molar refractivity (Wildman–Crippen MR) is 121 cm³/mol. The molecule has 1 aromatic carbocycles. The van der Waals surface area contributed by atoms with E-state index in [9.17, 15) is 9.59 Å². The molecule has 3 rings (SSSR count). The topological polar surface area (TPSA) is 94.5 Å². The molecule has 0 radical (unpaired) electrons. The van der Waals surface area contributed by atoms with E-state index < -0.39 is 17.7 Å². The fraction of sp³-hybridized carbons (Fsp3) is 0.261. The maximum Gasteiger partial charge on any atom is 0.420 e. The molecule has 0 aliphatic heterocycles. The third-order valence-corrected chi connectivity index (χ3v) is 4.27. The Hall–Kier alpha value is -3.52. The Morgan fingerprint density at radius 1 is 1.06 bits per heavy atom. The maximum atomic E-state index is 13.1. The first-order chi connectivity index (χ1) is 15.2. The summed E-state index contributed by atoms with van der Waals surface area (Å²) in [6.45, 7) is 7.30. The van der Waals surface area contributed by atoms with Gasteiger partial charge in [0, 0.05) is 23.0 Å². The van der Waals surface area contributed by atoms with E-state index >= 15 is 0 Å². The average Bonchev–Trinajstić information content (AvgIpc) is 2.73. The van der Waals surface area contributed by atoms with Crippen molar-refractivity contribution in [1.82, 2.24) is 15.0 Å². The molecule has 0 saturated heterocycles. The lowest BCUT2D eigenvalue weighted by molar-refractivity contribution is 0.0524. The van der Waals surface area contributed by atoms with E-state index in [1.54, 1.807) is 64.2 Å². The minimum absolute atomic E-state index is 0.223. The van der Waals surface area contributed by atoms with E-state index in [4.69, 9.17) is 21.1 Å². The molecule has 1 amide bonds. The number of carbonyl (C=O) groups is 2. The molecule has 2 heterocycles. The molecule has 0 saturated carbocycles. The van der Waals surface area contributed by atoms with Gasteiger partial charge in [-0.1, -0.05) is 17.7 Å². The number of benzene rings is 1. The molecular weight excluding hydrogens is 432 g/mol. The van der Waals surface area contributed by atoms with Gasteiger partial charge in [0.05, 0.1) is 35.9 Å². The van der Waals surface area contributed by atoms with Gasteiger partial charge < -0.3 is 9.47 Å². The fourth-order valence-electron chi connectivity index (χ4n) is 2.76. The van der Waals surface area contributed by atoms with Crippen LogP contribution in [0.4, 0.5) is 16.3 Å². The zero-order valence-corrected chi connectivity index (χ0v) is 19.0. The van der Waals surface area contributed by atoms with E-state index in [1.807, 2.05) is 0 Å². The Bertz CT molecular complexity index is 1130. The molecule has 2 aromatic heterocycles. The number of anilines is 2. The Morgan fingerprint density at radius 3 is 2.50 bits per heavy atom. The van der Waals surface area contributed by atoms with Gasteiger partial charge in [0.25, 0.3) is 0 Å². The van der Waals surface area contributed by atoms with E-state index in [2.05, 4.69) is 15.0 Å². The van der Waals surface area contributed by atoms with Crippen LogP contribution < -0.4 is 4.90 Å². The molecule has 32 heavy (non-hydrogen) atoms. The Kier molecular flexibility index (Phi) is 7.05. The second-order valence-corrected chi connectivity index (χ2v) is 8.18. The number of amides is 1. The Labute approximate surface area is 191 Å². The molecule has 0 fully saturated rings.